The molecule has 0 aromatic heterocycles. The molecule has 0 bridgehead atoms. The second kappa shape index (κ2) is 39.1. The van der Waals surface area contributed by atoms with Crippen LogP contribution in [0.2, 0.25) is 0 Å². The first-order chi connectivity index (χ1) is 38.0. The number of hydrogen-bond acceptors (Lipinski definition) is 16. The van der Waals surface area contributed by atoms with Crippen molar-refractivity contribution in [3.8, 4) is 0 Å². The number of hydroxylamine groups is 2. The summed E-state index contributed by atoms with van der Waals surface area (Å²) in [5.41, 5.74) is 7.91. The zero-order valence-electron chi connectivity index (χ0n) is 47.5. The lowest BCUT2D eigenvalue weighted by molar-refractivity contribution is -0.110. The Morgan fingerprint density at radius 1 is 0.667 bits per heavy atom. The normalized spacial score (nSPS) is 26.1. The smallest absolute Gasteiger partial charge is 0.128 e. The van der Waals surface area contributed by atoms with Crippen LogP contribution in [0.4, 0.5) is 8.78 Å². The molecular formula is C60H94F2N4O12. The second-order valence-corrected chi connectivity index (χ2v) is 19.5. The van der Waals surface area contributed by atoms with Crippen LogP contribution >= 0.6 is 0 Å². The van der Waals surface area contributed by atoms with E-state index in [0.29, 0.717) is 88.7 Å². The van der Waals surface area contributed by atoms with Crippen LogP contribution < -0.4 is 11.0 Å². The maximum Gasteiger partial charge on any atom is 0.128 e. The average Bonchev–Trinajstić information content (AvgIpc) is 4.37. The second-order valence-electron chi connectivity index (χ2n) is 19.5. The molecule has 3 saturated carbocycles. The number of oxime groups is 2. The minimum atomic E-state index is -0.412. The highest BCUT2D eigenvalue weighted by Gasteiger charge is 2.55. The fourth-order valence-electron chi connectivity index (χ4n) is 10.8. The number of carbonyl (C=O) groups excluding carboxylic acids is 1. The van der Waals surface area contributed by atoms with Crippen LogP contribution in [0.25, 0.3) is 0 Å². The van der Waals surface area contributed by atoms with E-state index in [2.05, 4.69) is 41.0 Å². The van der Waals surface area contributed by atoms with Gasteiger partial charge in [0.15, 0.2) is 0 Å². The van der Waals surface area contributed by atoms with Gasteiger partial charge in [-0.2, -0.15) is 11.0 Å². The first-order valence-corrected chi connectivity index (χ1v) is 28.2. The largest absolute Gasteiger partial charge is 0.411 e. The standard InChI is InChI=1S/2C14H18FNO2.C8H13NO2.C8H15NO2.C8H16O2.C8H14O2/c2*1-2-17-11-7-10-9-18-16-14(10,8-11)12-5-3-4-6-13(12)15;1-2-10-7-3-6-5-11-9-8(6)4-7;1-3-5-8(11-4-2)6-7-9-10;2*1-3-5-8(6-7-9)10-4-2/h2*3-6,10-11,16H,2,7-9H2,1H3;6-7H,2-5H2,1H3;3,7-8,10H,1,4-6H2,2H3;3,8-9H,1,4-7H2,2H3;3,7-8H,1,4-6H2,2H3/b;;;9-7-;;/t10-,11+,14-;10-,11-,14-;;;;/m00..../s1. The zero-order valence-corrected chi connectivity index (χ0v) is 47.5. The summed E-state index contributed by atoms with van der Waals surface area (Å²) in [4.78, 5) is 25.8. The van der Waals surface area contributed by atoms with Crippen LogP contribution in [0, 0.1) is 29.4 Å². The van der Waals surface area contributed by atoms with E-state index in [1.165, 1.54) is 24.1 Å². The van der Waals surface area contributed by atoms with E-state index in [-0.39, 0.29) is 60.6 Å². The summed E-state index contributed by atoms with van der Waals surface area (Å²) < 4.78 is 60.8. The summed E-state index contributed by atoms with van der Waals surface area (Å²) in [7, 11) is 0. The summed E-state index contributed by atoms with van der Waals surface area (Å²) in [6.45, 7) is 29.1. The Bertz CT molecular complexity index is 1940. The Labute approximate surface area is 464 Å². The molecule has 3 heterocycles. The molecule has 11 atom stereocenters. The summed E-state index contributed by atoms with van der Waals surface area (Å²) >= 11 is 0. The molecule has 4 N–H and O–H groups in total. The molecule has 440 valence electrons. The van der Waals surface area contributed by atoms with Crippen molar-refractivity contribution in [3.05, 3.63) is 109 Å². The van der Waals surface area contributed by atoms with Crippen molar-refractivity contribution in [2.45, 2.75) is 166 Å². The van der Waals surface area contributed by atoms with Gasteiger partial charge in [0.05, 0.1) is 66.6 Å². The fourth-order valence-corrected chi connectivity index (χ4v) is 10.8. The van der Waals surface area contributed by atoms with Gasteiger partial charge >= 0.3 is 0 Å². The maximum absolute atomic E-state index is 14.1. The fraction of sp³-hybridized carbons (Fsp3) is 0.650. The third-order valence-electron chi connectivity index (χ3n) is 14.3. The average molecular weight is 1100 g/mol. The molecule has 5 unspecified atom stereocenters. The highest BCUT2D eigenvalue weighted by molar-refractivity contribution is 5.89. The summed E-state index contributed by atoms with van der Waals surface area (Å²) in [6.07, 6.45) is 18.5. The molecule has 3 aliphatic carbocycles. The lowest BCUT2D eigenvalue weighted by Crippen LogP contribution is -2.39. The Hall–Kier alpha value is -4.31. The number of aliphatic hydroxyl groups is 1. The zero-order chi connectivity index (χ0) is 57.0. The molecule has 0 radical (unpaired) electrons. The van der Waals surface area contributed by atoms with Gasteiger partial charge in [-0.25, -0.2) is 8.78 Å². The van der Waals surface area contributed by atoms with Crippen LogP contribution in [-0.4, -0.2) is 131 Å². The molecule has 8 rings (SSSR count). The summed E-state index contributed by atoms with van der Waals surface area (Å²) in [6, 6.07) is 13.9. The van der Waals surface area contributed by atoms with Crippen molar-refractivity contribution in [3.63, 3.8) is 0 Å². The number of carbonyl (C=O) groups is 1. The predicted octanol–water partition coefficient (Wildman–Crippen LogP) is 10.7. The lowest BCUT2D eigenvalue weighted by atomic mass is 9.82. The molecule has 3 aliphatic heterocycles. The minimum absolute atomic E-state index is 0.0417. The number of nitrogens with zero attached hydrogens (tertiary/aromatic N) is 2. The molecular weight excluding hydrogens is 1010 g/mol. The van der Waals surface area contributed by atoms with Crippen molar-refractivity contribution < 1.29 is 66.8 Å². The van der Waals surface area contributed by atoms with Gasteiger partial charge in [0.1, 0.15) is 24.5 Å². The number of nitrogens with one attached hydrogen (secondary N) is 2. The van der Waals surface area contributed by atoms with Crippen LogP contribution in [0.3, 0.4) is 0 Å². The number of fused-ring (bicyclic) bond motifs is 3. The number of aliphatic hydroxyl groups excluding tert-OH is 1. The Morgan fingerprint density at radius 3 is 1.55 bits per heavy atom. The van der Waals surface area contributed by atoms with Crippen molar-refractivity contribution in [2.24, 2.45) is 28.1 Å². The predicted molar refractivity (Wildman–Crippen MR) is 300 cm³/mol. The van der Waals surface area contributed by atoms with Crippen LogP contribution in [0.5, 0.6) is 0 Å². The van der Waals surface area contributed by atoms with Gasteiger partial charge in [-0.15, -0.1) is 24.9 Å². The number of rotatable bonds is 26. The van der Waals surface area contributed by atoms with Gasteiger partial charge < -0.3 is 58.0 Å². The van der Waals surface area contributed by atoms with E-state index in [1.807, 2.05) is 71.9 Å². The van der Waals surface area contributed by atoms with Crippen molar-refractivity contribution >= 4 is 18.2 Å². The van der Waals surface area contributed by atoms with Gasteiger partial charge in [-0.3, -0.25) is 0 Å². The number of halogens is 2. The Kier molecular flexibility index (Phi) is 34.1. The number of ether oxygens (including phenoxy) is 6. The maximum atomic E-state index is 14.1. The van der Waals surface area contributed by atoms with E-state index < -0.39 is 11.1 Å². The third kappa shape index (κ3) is 21.6. The van der Waals surface area contributed by atoms with Gasteiger partial charge in [0.2, 0.25) is 0 Å². The third-order valence-corrected chi connectivity index (χ3v) is 14.3. The van der Waals surface area contributed by atoms with Crippen LogP contribution in [0.15, 0.2) is 96.8 Å². The molecule has 0 spiro atoms. The number of hydrogen-bond donors (Lipinski definition) is 4. The van der Waals surface area contributed by atoms with Gasteiger partial charge in [0, 0.05) is 101 Å². The Morgan fingerprint density at radius 2 is 1.13 bits per heavy atom. The molecule has 2 saturated heterocycles. The van der Waals surface area contributed by atoms with Crippen molar-refractivity contribution in [2.75, 3.05) is 66.1 Å². The van der Waals surface area contributed by atoms with E-state index >= 15 is 0 Å². The van der Waals surface area contributed by atoms with Crippen molar-refractivity contribution in [1.29, 1.82) is 0 Å². The molecule has 78 heavy (non-hydrogen) atoms. The molecule has 0 amide bonds. The van der Waals surface area contributed by atoms with E-state index in [1.54, 1.807) is 24.3 Å². The highest BCUT2D eigenvalue weighted by atomic mass is 19.1. The molecule has 5 fully saturated rings. The highest BCUT2D eigenvalue weighted by Crippen LogP contribution is 2.49. The quantitative estimate of drug-likeness (QED) is 0.0229. The van der Waals surface area contributed by atoms with Gasteiger partial charge in [-0.05, 0) is 111 Å². The lowest BCUT2D eigenvalue weighted by Gasteiger charge is -2.28. The Balaban J connectivity index is 0.000000252. The summed E-state index contributed by atoms with van der Waals surface area (Å²) in [5.74, 6) is 0.791. The molecule has 2 aromatic carbocycles. The van der Waals surface area contributed by atoms with Crippen molar-refractivity contribution in [1.82, 2.24) is 11.0 Å². The van der Waals surface area contributed by atoms with E-state index in [9.17, 15) is 13.6 Å². The number of benzene rings is 2. The first-order valence-electron chi connectivity index (χ1n) is 28.2. The van der Waals surface area contributed by atoms with Gasteiger partial charge in [0.25, 0.3) is 0 Å². The topological polar surface area (TPSA) is 189 Å². The first kappa shape index (κ1) is 68.0. The van der Waals surface area contributed by atoms with Crippen LogP contribution in [0.1, 0.15) is 130 Å². The van der Waals surface area contributed by atoms with Crippen LogP contribution in [-0.2, 0) is 58.8 Å². The SMILES string of the molecule is C=CCC(C/C=N\O)OCC.C=CCC(CC=O)OCC.C=CCC(CCO)OCC.CCOC1CC2=NOCC2C1.CCO[C@@H]1C[C@H]2CON[C@@]2(c2ccccc2F)C1.CCO[C@H]1C[C@H]2CON[C@@]2(c2ccccc2F)C1. The van der Waals surface area contributed by atoms with Gasteiger partial charge in [-0.1, -0.05) is 59.8 Å². The number of aldehydes is 1. The molecule has 18 heteroatoms. The minimum Gasteiger partial charge on any atom is -0.411 e. The summed E-state index contributed by atoms with van der Waals surface area (Å²) in [5, 5.41) is 23.6. The molecule has 16 nitrogen and oxygen atoms in total. The molecule has 6 aliphatic rings. The van der Waals surface area contributed by atoms with E-state index in [4.69, 9.17) is 53.2 Å². The van der Waals surface area contributed by atoms with E-state index in [0.717, 1.165) is 77.3 Å². The monoisotopic (exact) mass is 1100 g/mol. The molecule has 2 aromatic rings.